The van der Waals surface area contributed by atoms with Crippen LogP contribution in [0, 0.1) is 0 Å². The van der Waals surface area contributed by atoms with Gasteiger partial charge in [-0.2, -0.15) is 44.6 Å². The SMILES string of the molecule is [O]C(F)(F)C(F)(C(F)=C(F)C(F)(F)F)C(F)(F)F. The van der Waals surface area contributed by atoms with Gasteiger partial charge in [0.1, 0.15) is 0 Å². The van der Waals surface area contributed by atoms with Crippen LogP contribution < -0.4 is 0 Å². The average Bonchev–Trinajstić information content (AvgIpc) is 2.08. The fourth-order valence-corrected chi connectivity index (χ4v) is 0.693. The van der Waals surface area contributed by atoms with Gasteiger partial charge in [-0.3, -0.25) is 0 Å². The molecule has 0 aromatic rings. The van der Waals surface area contributed by atoms with Crippen molar-refractivity contribution in [2.45, 2.75) is 24.1 Å². The van der Waals surface area contributed by atoms with Gasteiger partial charge in [0.05, 0.1) is 0 Å². The zero-order chi connectivity index (χ0) is 15.2. The molecule has 0 aliphatic carbocycles. The summed E-state index contributed by atoms with van der Waals surface area (Å²) in [5.74, 6) is -8.99. The molecule has 1 radical (unpaired) electrons. The highest BCUT2D eigenvalue weighted by atomic mass is 19.4. The monoisotopic (exact) mass is 297 g/mol. The zero-order valence-electron chi connectivity index (χ0n) is 7.57. The van der Waals surface area contributed by atoms with E-state index >= 15 is 0 Å². The predicted octanol–water partition coefficient (Wildman–Crippen LogP) is 3.99. The van der Waals surface area contributed by atoms with Crippen LogP contribution in [0.3, 0.4) is 0 Å². The van der Waals surface area contributed by atoms with Crippen molar-refractivity contribution in [1.29, 1.82) is 0 Å². The van der Waals surface area contributed by atoms with E-state index in [1.54, 1.807) is 0 Å². The Labute approximate surface area is 90.5 Å². The van der Waals surface area contributed by atoms with Gasteiger partial charge in [0.15, 0.2) is 5.83 Å². The summed E-state index contributed by atoms with van der Waals surface area (Å²) < 4.78 is 130. The Bertz CT molecular complexity index is 328. The van der Waals surface area contributed by atoms with Crippen LogP contribution in [0.25, 0.3) is 0 Å². The van der Waals surface area contributed by atoms with Crippen molar-refractivity contribution >= 4 is 0 Å². The summed E-state index contributed by atoms with van der Waals surface area (Å²) in [7, 11) is 0. The van der Waals surface area contributed by atoms with Crippen molar-refractivity contribution in [1.82, 2.24) is 0 Å². The molecule has 12 heteroatoms. The Hall–Kier alpha value is -1.07. The maximum atomic E-state index is 12.6. The van der Waals surface area contributed by atoms with Gasteiger partial charge in [-0.05, 0) is 0 Å². The van der Waals surface area contributed by atoms with Gasteiger partial charge in [-0.25, -0.2) is 8.78 Å². The van der Waals surface area contributed by atoms with Crippen LogP contribution in [-0.2, 0) is 5.11 Å². The normalized spacial score (nSPS) is 19.3. The van der Waals surface area contributed by atoms with Gasteiger partial charge in [0, 0.05) is 0 Å². The van der Waals surface area contributed by atoms with Crippen LogP contribution in [0.4, 0.5) is 48.3 Å². The Balaban J connectivity index is 6.13. The fraction of sp³-hybridized carbons (Fsp3) is 0.667. The van der Waals surface area contributed by atoms with E-state index in [4.69, 9.17) is 0 Å². The first-order chi connectivity index (χ1) is 7.57. The van der Waals surface area contributed by atoms with Gasteiger partial charge in [0.25, 0.3) is 0 Å². The molecule has 0 aromatic carbocycles. The lowest BCUT2D eigenvalue weighted by Gasteiger charge is -2.28. The summed E-state index contributed by atoms with van der Waals surface area (Å²) in [6.07, 6.45) is -20.5. The molecular formula is C6F11O. The molecule has 1 unspecified atom stereocenters. The third kappa shape index (κ3) is 2.67. The minimum atomic E-state index is -7.09. The van der Waals surface area contributed by atoms with Gasteiger partial charge in [0.2, 0.25) is 5.83 Å². The Morgan fingerprint density at radius 2 is 1.00 bits per heavy atom. The molecule has 0 aromatic heterocycles. The first kappa shape index (κ1) is 16.9. The van der Waals surface area contributed by atoms with E-state index in [2.05, 4.69) is 0 Å². The number of hydrogen-bond donors (Lipinski definition) is 0. The predicted molar refractivity (Wildman–Crippen MR) is 30.8 cm³/mol. The lowest BCUT2D eigenvalue weighted by atomic mass is 10.0. The Morgan fingerprint density at radius 3 is 1.17 bits per heavy atom. The molecule has 0 bridgehead atoms. The quantitative estimate of drug-likeness (QED) is 0.687. The standard InChI is InChI=1S/C6F11O/c7-1(2(8)4(10,11)12)3(9,5(13,14)15)6(16,17)18. The smallest absolute Gasteiger partial charge is 0.216 e. The molecule has 0 aliphatic heterocycles. The molecule has 18 heavy (non-hydrogen) atoms. The van der Waals surface area contributed by atoms with Crippen molar-refractivity contribution < 1.29 is 53.4 Å². The van der Waals surface area contributed by atoms with Crippen molar-refractivity contribution in [2.75, 3.05) is 0 Å². The van der Waals surface area contributed by atoms with Crippen molar-refractivity contribution in [3.05, 3.63) is 11.7 Å². The molecule has 0 N–H and O–H groups in total. The largest absolute Gasteiger partial charge is 0.445 e. The van der Waals surface area contributed by atoms with Gasteiger partial charge >= 0.3 is 24.1 Å². The highest BCUT2D eigenvalue weighted by Crippen LogP contribution is 2.51. The maximum absolute atomic E-state index is 12.6. The third-order valence-electron chi connectivity index (χ3n) is 1.54. The second-order valence-corrected chi connectivity index (χ2v) is 2.80. The molecule has 0 saturated carbocycles. The number of halogens is 11. The summed E-state index contributed by atoms with van der Waals surface area (Å²) in [6, 6.07) is 0. The van der Waals surface area contributed by atoms with Crippen LogP contribution in [0.2, 0.25) is 0 Å². The van der Waals surface area contributed by atoms with Crippen LogP contribution in [0.15, 0.2) is 11.7 Å². The summed E-state index contributed by atoms with van der Waals surface area (Å²) >= 11 is 0. The van der Waals surface area contributed by atoms with E-state index in [1.807, 2.05) is 0 Å². The number of alkyl halides is 9. The van der Waals surface area contributed by atoms with Gasteiger partial charge < -0.3 is 0 Å². The second-order valence-electron chi connectivity index (χ2n) is 2.80. The lowest BCUT2D eigenvalue weighted by Crippen LogP contribution is -2.55. The molecule has 0 amide bonds. The first-order valence-electron chi connectivity index (χ1n) is 3.53. The second kappa shape index (κ2) is 4.24. The average molecular weight is 297 g/mol. The molecule has 0 rings (SSSR count). The van der Waals surface area contributed by atoms with Crippen molar-refractivity contribution in [2.24, 2.45) is 0 Å². The molecule has 0 fully saturated rings. The van der Waals surface area contributed by atoms with E-state index in [-0.39, 0.29) is 0 Å². The molecule has 107 valence electrons. The van der Waals surface area contributed by atoms with Crippen molar-refractivity contribution in [3.8, 4) is 0 Å². The summed E-state index contributed by atoms with van der Waals surface area (Å²) in [6.45, 7) is 0. The number of rotatable bonds is 2. The van der Waals surface area contributed by atoms with Crippen LogP contribution >= 0.6 is 0 Å². The van der Waals surface area contributed by atoms with Crippen LogP contribution in [0.5, 0.6) is 0 Å². The molecule has 0 aliphatic rings. The van der Waals surface area contributed by atoms with E-state index in [0.29, 0.717) is 0 Å². The van der Waals surface area contributed by atoms with E-state index < -0.39 is 35.8 Å². The highest BCUT2D eigenvalue weighted by Gasteiger charge is 2.77. The molecule has 0 heterocycles. The molecule has 1 nitrogen and oxygen atoms in total. The molecule has 0 spiro atoms. The number of hydrogen-bond acceptors (Lipinski definition) is 0. The fourth-order valence-electron chi connectivity index (χ4n) is 0.693. The number of allylic oxidation sites excluding steroid dienone is 1. The van der Waals surface area contributed by atoms with Gasteiger partial charge in [-0.15, -0.1) is 0 Å². The summed E-state index contributed by atoms with van der Waals surface area (Å²) in [5.41, 5.74) is -6.96. The van der Waals surface area contributed by atoms with E-state index in [0.717, 1.165) is 0 Å². The Kier molecular flexibility index (Phi) is 3.99. The Morgan fingerprint density at radius 1 is 0.667 bits per heavy atom. The minimum absolute atomic E-state index is 4.40. The minimum Gasteiger partial charge on any atom is -0.216 e. The molecule has 0 saturated heterocycles. The topological polar surface area (TPSA) is 19.9 Å². The van der Waals surface area contributed by atoms with Crippen molar-refractivity contribution in [3.63, 3.8) is 0 Å². The van der Waals surface area contributed by atoms with E-state index in [1.165, 1.54) is 0 Å². The lowest BCUT2D eigenvalue weighted by molar-refractivity contribution is -0.380. The summed E-state index contributed by atoms with van der Waals surface area (Å²) in [5, 5.41) is 9.61. The first-order valence-corrected chi connectivity index (χ1v) is 3.53. The maximum Gasteiger partial charge on any atom is 0.445 e. The third-order valence-corrected chi connectivity index (χ3v) is 1.54. The van der Waals surface area contributed by atoms with E-state index in [9.17, 15) is 53.4 Å². The summed E-state index contributed by atoms with van der Waals surface area (Å²) in [4.78, 5) is 0. The van der Waals surface area contributed by atoms with Crippen LogP contribution in [-0.4, -0.2) is 24.1 Å². The zero-order valence-corrected chi connectivity index (χ0v) is 7.57. The van der Waals surface area contributed by atoms with Crippen LogP contribution in [0.1, 0.15) is 0 Å². The van der Waals surface area contributed by atoms with Gasteiger partial charge in [-0.1, -0.05) is 0 Å². The highest BCUT2D eigenvalue weighted by molar-refractivity contribution is 5.22. The molecule has 1 atom stereocenters. The molecular weight excluding hydrogens is 297 g/mol.